The van der Waals surface area contributed by atoms with Gasteiger partial charge in [0, 0.05) is 21.9 Å². The second-order valence-electron chi connectivity index (χ2n) is 12.1. The van der Waals surface area contributed by atoms with Gasteiger partial charge in [0.05, 0.1) is 16.9 Å². The molecule has 0 fully saturated rings. The summed E-state index contributed by atoms with van der Waals surface area (Å²) in [6.45, 7) is 8.34. The lowest BCUT2D eigenvalue weighted by atomic mass is 9.97. The van der Waals surface area contributed by atoms with Crippen molar-refractivity contribution in [3.63, 3.8) is 0 Å². The number of hydrogen-bond donors (Lipinski definition) is 0. The number of imidazole rings is 1. The molecule has 0 amide bonds. The number of fused-ring (bicyclic) bond motifs is 6. The zero-order valence-electron chi connectivity index (χ0n) is 28.6. The van der Waals surface area contributed by atoms with E-state index in [1.807, 2.05) is 13.8 Å². The van der Waals surface area contributed by atoms with E-state index in [1.165, 1.54) is 44.2 Å². The molecule has 2 aromatic heterocycles. The fourth-order valence-corrected chi connectivity index (χ4v) is 6.60. The van der Waals surface area contributed by atoms with Crippen molar-refractivity contribution >= 4 is 38.5 Å². The Balaban J connectivity index is 0.00000186. The van der Waals surface area contributed by atoms with Gasteiger partial charge < -0.3 is 0 Å². The second-order valence-corrected chi connectivity index (χ2v) is 12.1. The maximum atomic E-state index is 5.37. The molecule has 0 saturated carbocycles. The predicted octanol–water partition coefficient (Wildman–Crippen LogP) is 13.2. The molecule has 2 heterocycles. The second kappa shape index (κ2) is 14.0. The van der Waals surface area contributed by atoms with Crippen molar-refractivity contribution in [2.45, 2.75) is 27.7 Å². The zero-order chi connectivity index (χ0) is 33.7. The van der Waals surface area contributed by atoms with Crippen molar-refractivity contribution in [3.05, 3.63) is 181 Å². The number of allylic oxidation sites excluding steroid dienone is 4. The quantitative estimate of drug-likeness (QED) is 0.132. The monoisotopic (exact) mass is 632 g/mol. The Morgan fingerprint density at radius 3 is 1.65 bits per heavy atom. The van der Waals surface area contributed by atoms with Crippen molar-refractivity contribution in [1.29, 1.82) is 0 Å². The molecule has 0 bridgehead atoms. The van der Waals surface area contributed by atoms with Crippen molar-refractivity contribution in [3.8, 4) is 33.6 Å². The standard InChI is InChI=1S/C45H34N2.C2H6/c1-31(33-14-6-3-7-15-33)22-23-32(2)34-24-26-35(27-25-34)38-28-29-40-41(30-38)39-20-12-13-21-42(39)47-44(37-18-10-5-11-19-37)43(46-45(40)47)36-16-8-4-9-17-36;1-2/h3-30H,1-2H3;1-2H3/b31-22+,32-23+;. The van der Waals surface area contributed by atoms with Gasteiger partial charge in [0.25, 0.3) is 0 Å². The summed E-state index contributed by atoms with van der Waals surface area (Å²) in [6, 6.07) is 56.1. The Hall–Kier alpha value is -5.99. The van der Waals surface area contributed by atoms with Crippen LogP contribution >= 0.6 is 0 Å². The SMILES string of the molecule is C/C(=C\C=C(/C)c1ccc(-c2ccc3c(c2)c2ccccc2n2c(-c4ccccc4)c(-c4ccccc4)nc32)cc1)c1ccccc1.CC. The molecule has 0 radical (unpaired) electrons. The molecule has 0 N–H and O–H groups in total. The van der Waals surface area contributed by atoms with E-state index < -0.39 is 0 Å². The van der Waals surface area contributed by atoms with Crippen LogP contribution in [0.15, 0.2) is 170 Å². The molecule has 0 aliphatic carbocycles. The molecule has 0 atom stereocenters. The van der Waals surface area contributed by atoms with Gasteiger partial charge >= 0.3 is 0 Å². The van der Waals surface area contributed by atoms with Crippen LogP contribution in [0.3, 0.4) is 0 Å². The van der Waals surface area contributed by atoms with E-state index in [9.17, 15) is 0 Å². The normalized spacial score (nSPS) is 11.9. The minimum absolute atomic E-state index is 0.970. The van der Waals surface area contributed by atoms with Crippen LogP contribution in [0.4, 0.5) is 0 Å². The van der Waals surface area contributed by atoms with Gasteiger partial charge in [-0.25, -0.2) is 4.98 Å². The highest BCUT2D eigenvalue weighted by Crippen LogP contribution is 2.40. The van der Waals surface area contributed by atoms with Gasteiger partial charge in [-0.3, -0.25) is 4.40 Å². The molecular weight excluding hydrogens is 593 g/mol. The topological polar surface area (TPSA) is 17.3 Å². The Morgan fingerprint density at radius 1 is 0.469 bits per heavy atom. The third kappa shape index (κ3) is 6.10. The lowest BCUT2D eigenvalue weighted by Gasteiger charge is -2.13. The summed E-state index contributed by atoms with van der Waals surface area (Å²) in [5.41, 5.74) is 13.8. The van der Waals surface area contributed by atoms with Crippen LogP contribution < -0.4 is 0 Å². The van der Waals surface area contributed by atoms with E-state index >= 15 is 0 Å². The predicted molar refractivity (Wildman–Crippen MR) is 212 cm³/mol. The average molecular weight is 633 g/mol. The molecule has 0 aliphatic rings. The molecule has 8 rings (SSSR count). The molecule has 0 saturated heterocycles. The van der Waals surface area contributed by atoms with Crippen LogP contribution in [0.5, 0.6) is 0 Å². The highest BCUT2D eigenvalue weighted by molar-refractivity contribution is 6.14. The third-order valence-corrected chi connectivity index (χ3v) is 9.15. The van der Waals surface area contributed by atoms with Crippen LogP contribution in [-0.4, -0.2) is 9.38 Å². The molecule has 2 nitrogen and oxygen atoms in total. The van der Waals surface area contributed by atoms with E-state index in [0.717, 1.165) is 39.1 Å². The molecular formula is C47H40N2. The molecule has 49 heavy (non-hydrogen) atoms. The number of aromatic nitrogens is 2. The van der Waals surface area contributed by atoms with E-state index in [4.69, 9.17) is 4.98 Å². The van der Waals surface area contributed by atoms with Crippen LogP contribution in [-0.2, 0) is 0 Å². The lowest BCUT2D eigenvalue weighted by molar-refractivity contribution is 1.27. The van der Waals surface area contributed by atoms with Crippen LogP contribution in [0.2, 0.25) is 0 Å². The van der Waals surface area contributed by atoms with Gasteiger partial charge in [-0.1, -0.05) is 166 Å². The summed E-state index contributed by atoms with van der Waals surface area (Å²) < 4.78 is 2.35. The van der Waals surface area contributed by atoms with Gasteiger partial charge in [-0.2, -0.15) is 0 Å². The molecule has 6 aromatic carbocycles. The van der Waals surface area contributed by atoms with E-state index in [0.29, 0.717) is 0 Å². The first kappa shape index (κ1) is 31.6. The average Bonchev–Trinajstić information content (AvgIpc) is 3.60. The Morgan fingerprint density at radius 2 is 1.00 bits per heavy atom. The minimum atomic E-state index is 0.970. The first-order valence-electron chi connectivity index (χ1n) is 17.1. The summed E-state index contributed by atoms with van der Waals surface area (Å²) in [5.74, 6) is 0. The molecule has 2 heteroatoms. The van der Waals surface area contributed by atoms with Crippen LogP contribution in [0.1, 0.15) is 38.8 Å². The van der Waals surface area contributed by atoms with Gasteiger partial charge in [-0.05, 0) is 70.8 Å². The van der Waals surface area contributed by atoms with Gasteiger partial charge in [0.2, 0.25) is 0 Å². The summed E-state index contributed by atoms with van der Waals surface area (Å²) in [5, 5.41) is 3.56. The summed E-state index contributed by atoms with van der Waals surface area (Å²) in [7, 11) is 0. The van der Waals surface area contributed by atoms with Gasteiger partial charge in [0.15, 0.2) is 0 Å². The first-order valence-corrected chi connectivity index (χ1v) is 17.1. The zero-order valence-corrected chi connectivity index (χ0v) is 28.6. The van der Waals surface area contributed by atoms with Crippen molar-refractivity contribution in [1.82, 2.24) is 9.38 Å². The smallest absolute Gasteiger partial charge is 0.146 e. The first-order chi connectivity index (χ1) is 24.2. The van der Waals surface area contributed by atoms with Crippen molar-refractivity contribution in [2.24, 2.45) is 0 Å². The van der Waals surface area contributed by atoms with E-state index in [-0.39, 0.29) is 0 Å². The number of hydrogen-bond acceptors (Lipinski definition) is 1. The maximum absolute atomic E-state index is 5.37. The number of nitrogens with zero attached hydrogens (tertiary/aromatic N) is 2. The fraction of sp³-hybridized carbons (Fsp3) is 0.0851. The summed E-state index contributed by atoms with van der Waals surface area (Å²) in [4.78, 5) is 5.37. The van der Waals surface area contributed by atoms with Gasteiger partial charge in [-0.15, -0.1) is 0 Å². The number of pyridine rings is 1. The summed E-state index contributed by atoms with van der Waals surface area (Å²) >= 11 is 0. The van der Waals surface area contributed by atoms with E-state index in [2.05, 4.69) is 188 Å². The van der Waals surface area contributed by atoms with Crippen LogP contribution in [0.25, 0.3) is 72.1 Å². The lowest BCUT2D eigenvalue weighted by Crippen LogP contribution is -1.94. The molecule has 8 aromatic rings. The number of para-hydroxylation sites is 1. The van der Waals surface area contributed by atoms with E-state index in [1.54, 1.807) is 0 Å². The molecule has 0 aliphatic heterocycles. The number of rotatable bonds is 6. The van der Waals surface area contributed by atoms with Gasteiger partial charge in [0.1, 0.15) is 5.65 Å². The molecule has 0 unspecified atom stereocenters. The van der Waals surface area contributed by atoms with Crippen molar-refractivity contribution in [2.75, 3.05) is 0 Å². The van der Waals surface area contributed by atoms with Crippen molar-refractivity contribution < 1.29 is 0 Å². The Kier molecular flexibility index (Phi) is 9.04. The highest BCUT2D eigenvalue weighted by atomic mass is 15.0. The summed E-state index contributed by atoms with van der Waals surface area (Å²) in [6.07, 6.45) is 4.42. The largest absolute Gasteiger partial charge is 0.291 e. The molecule has 238 valence electrons. The molecule has 0 spiro atoms. The maximum Gasteiger partial charge on any atom is 0.146 e. The Labute approximate surface area is 289 Å². The number of benzene rings is 6. The fourth-order valence-electron chi connectivity index (χ4n) is 6.60. The third-order valence-electron chi connectivity index (χ3n) is 9.15. The minimum Gasteiger partial charge on any atom is -0.291 e. The van der Waals surface area contributed by atoms with Crippen LogP contribution in [0, 0.1) is 0 Å². The Bertz CT molecular complexity index is 2430. The highest BCUT2D eigenvalue weighted by Gasteiger charge is 2.20.